The van der Waals surface area contributed by atoms with E-state index in [1.165, 1.54) is 89.0 Å². The highest BCUT2D eigenvalue weighted by Crippen LogP contribution is 2.33. The Hall–Kier alpha value is -1.31. The van der Waals surface area contributed by atoms with Crippen LogP contribution in [-0.2, 0) is 11.2 Å². The second-order valence-corrected chi connectivity index (χ2v) is 10.1. The zero-order chi connectivity index (χ0) is 23.5. The monoisotopic (exact) mass is 444 g/mol. The van der Waals surface area contributed by atoms with Gasteiger partial charge in [0.25, 0.3) is 0 Å². The molecule has 0 aliphatic carbocycles. The Labute approximate surface area is 199 Å². The van der Waals surface area contributed by atoms with Crippen molar-refractivity contribution >= 4 is 5.97 Å². The van der Waals surface area contributed by atoms with Crippen molar-refractivity contribution in [3.8, 4) is 5.75 Å². The predicted octanol–water partition coefficient (Wildman–Crippen LogP) is 9.83. The van der Waals surface area contributed by atoms with E-state index in [0.29, 0.717) is 5.75 Å². The lowest BCUT2D eigenvalue weighted by Gasteiger charge is -2.27. The quantitative estimate of drug-likeness (QED) is 0.114. The Balaban J connectivity index is 2.57. The molecule has 1 rings (SSSR count). The second kappa shape index (κ2) is 18.2. The van der Waals surface area contributed by atoms with Crippen LogP contribution < -0.4 is 4.74 Å². The van der Waals surface area contributed by atoms with E-state index in [-0.39, 0.29) is 11.4 Å². The highest BCUT2D eigenvalue weighted by Gasteiger charge is 2.34. The van der Waals surface area contributed by atoms with Crippen LogP contribution in [0.5, 0.6) is 5.75 Å². The number of esters is 1. The minimum atomic E-state index is -0.365. The fraction of sp³-hybridized carbons (Fsp3) is 0.767. The summed E-state index contributed by atoms with van der Waals surface area (Å²) in [6.07, 6.45) is 21.9. The average molecular weight is 445 g/mol. The summed E-state index contributed by atoms with van der Waals surface area (Å²) in [6.45, 7) is 8.88. The predicted molar refractivity (Wildman–Crippen MR) is 139 cm³/mol. The number of carbonyl (C=O) groups is 1. The normalized spacial score (nSPS) is 13.1. The molecule has 1 aromatic carbocycles. The third-order valence-corrected chi connectivity index (χ3v) is 6.86. The van der Waals surface area contributed by atoms with Gasteiger partial charge in [0, 0.05) is 0 Å². The fourth-order valence-electron chi connectivity index (χ4n) is 4.45. The number of hydrogen-bond acceptors (Lipinski definition) is 2. The van der Waals surface area contributed by atoms with Gasteiger partial charge in [-0.3, -0.25) is 4.79 Å². The van der Waals surface area contributed by atoms with Crippen molar-refractivity contribution < 1.29 is 9.53 Å². The summed E-state index contributed by atoms with van der Waals surface area (Å²) in [4.78, 5) is 13.2. The molecule has 0 radical (unpaired) electrons. The molecule has 2 nitrogen and oxygen atoms in total. The molecule has 0 saturated carbocycles. The first-order valence-electron chi connectivity index (χ1n) is 13.9. The van der Waals surface area contributed by atoms with E-state index in [1.54, 1.807) is 0 Å². The van der Waals surface area contributed by atoms with Gasteiger partial charge in [0.1, 0.15) is 5.75 Å². The third-order valence-electron chi connectivity index (χ3n) is 6.86. The number of ether oxygens (including phenoxy) is 1. The van der Waals surface area contributed by atoms with Crippen LogP contribution in [0.4, 0.5) is 0 Å². The van der Waals surface area contributed by atoms with Crippen molar-refractivity contribution in [1.82, 2.24) is 0 Å². The van der Waals surface area contributed by atoms with Gasteiger partial charge in [0.15, 0.2) is 0 Å². The topological polar surface area (TPSA) is 26.3 Å². The van der Waals surface area contributed by atoms with Crippen LogP contribution in [0, 0.1) is 5.41 Å². The van der Waals surface area contributed by atoms with Gasteiger partial charge in [0.2, 0.25) is 0 Å². The molecule has 0 saturated heterocycles. The first-order chi connectivity index (χ1) is 15.6. The molecular formula is C30H52O2. The van der Waals surface area contributed by atoms with Gasteiger partial charge in [-0.1, -0.05) is 123 Å². The van der Waals surface area contributed by atoms with Crippen molar-refractivity contribution in [2.45, 2.75) is 143 Å². The molecule has 0 amide bonds. The maximum atomic E-state index is 13.2. The van der Waals surface area contributed by atoms with E-state index in [2.05, 4.69) is 39.8 Å². The standard InChI is InChI=1S/C30H52O2/c1-5-8-11-14-16-19-26-30(4,25-18-13-10-7-3)29(31)32-28-23-21-27(22-24-28)20-17-15-12-9-6-2/h21-24H,5-20,25-26H2,1-4H3. The highest BCUT2D eigenvalue weighted by atomic mass is 16.5. The Morgan fingerprint density at radius 3 is 1.62 bits per heavy atom. The highest BCUT2D eigenvalue weighted by molar-refractivity contribution is 5.78. The van der Waals surface area contributed by atoms with Gasteiger partial charge in [-0.05, 0) is 50.3 Å². The first kappa shape index (κ1) is 28.7. The largest absolute Gasteiger partial charge is 0.426 e. The second-order valence-electron chi connectivity index (χ2n) is 10.1. The molecule has 0 bridgehead atoms. The van der Waals surface area contributed by atoms with Gasteiger partial charge < -0.3 is 4.74 Å². The molecule has 32 heavy (non-hydrogen) atoms. The van der Waals surface area contributed by atoms with Crippen LogP contribution in [0.25, 0.3) is 0 Å². The summed E-state index contributed by atoms with van der Waals surface area (Å²) in [7, 11) is 0. The average Bonchev–Trinajstić information content (AvgIpc) is 2.80. The zero-order valence-electron chi connectivity index (χ0n) is 21.9. The Bertz CT molecular complexity index is 577. The minimum absolute atomic E-state index is 0.0325. The Morgan fingerprint density at radius 1 is 0.656 bits per heavy atom. The van der Waals surface area contributed by atoms with E-state index in [1.807, 2.05) is 12.1 Å². The summed E-state index contributed by atoms with van der Waals surface area (Å²) in [5.41, 5.74) is 0.979. The molecule has 0 fully saturated rings. The molecule has 0 N–H and O–H groups in total. The van der Waals surface area contributed by atoms with Crippen molar-refractivity contribution in [3.63, 3.8) is 0 Å². The Morgan fingerprint density at radius 2 is 1.09 bits per heavy atom. The maximum absolute atomic E-state index is 13.2. The lowest BCUT2D eigenvalue weighted by atomic mass is 9.79. The van der Waals surface area contributed by atoms with E-state index in [0.717, 1.165) is 32.1 Å². The summed E-state index contributed by atoms with van der Waals surface area (Å²) < 4.78 is 5.91. The molecule has 0 heterocycles. The molecule has 0 aromatic heterocycles. The van der Waals surface area contributed by atoms with Crippen LogP contribution in [0.2, 0.25) is 0 Å². The SMILES string of the molecule is CCCCCCCCC(C)(CCCCCC)C(=O)Oc1ccc(CCCCCCC)cc1. The molecule has 0 aliphatic rings. The maximum Gasteiger partial charge on any atom is 0.317 e. The van der Waals surface area contributed by atoms with Crippen LogP contribution >= 0.6 is 0 Å². The molecule has 2 heteroatoms. The van der Waals surface area contributed by atoms with Gasteiger partial charge in [-0.25, -0.2) is 0 Å². The van der Waals surface area contributed by atoms with Crippen LogP contribution in [0.15, 0.2) is 24.3 Å². The Kier molecular flexibility index (Phi) is 16.3. The smallest absolute Gasteiger partial charge is 0.317 e. The third kappa shape index (κ3) is 12.7. The number of rotatable bonds is 20. The van der Waals surface area contributed by atoms with Gasteiger partial charge in [-0.15, -0.1) is 0 Å². The van der Waals surface area contributed by atoms with Gasteiger partial charge >= 0.3 is 5.97 Å². The lowest BCUT2D eigenvalue weighted by molar-refractivity contribution is -0.146. The fourth-order valence-corrected chi connectivity index (χ4v) is 4.45. The summed E-state index contributed by atoms with van der Waals surface area (Å²) >= 11 is 0. The van der Waals surface area contributed by atoms with E-state index < -0.39 is 0 Å². The van der Waals surface area contributed by atoms with E-state index in [4.69, 9.17) is 4.74 Å². The summed E-state index contributed by atoms with van der Waals surface area (Å²) in [6, 6.07) is 8.24. The van der Waals surface area contributed by atoms with Crippen molar-refractivity contribution in [2.24, 2.45) is 5.41 Å². The number of unbranched alkanes of at least 4 members (excludes halogenated alkanes) is 12. The van der Waals surface area contributed by atoms with Crippen molar-refractivity contribution in [1.29, 1.82) is 0 Å². The number of carbonyl (C=O) groups excluding carboxylic acids is 1. The molecule has 0 aliphatic heterocycles. The van der Waals surface area contributed by atoms with Gasteiger partial charge in [0.05, 0.1) is 5.41 Å². The van der Waals surface area contributed by atoms with E-state index in [9.17, 15) is 4.79 Å². The van der Waals surface area contributed by atoms with E-state index >= 15 is 0 Å². The number of hydrogen-bond donors (Lipinski definition) is 0. The minimum Gasteiger partial charge on any atom is -0.426 e. The molecule has 1 aromatic rings. The lowest BCUT2D eigenvalue weighted by Crippen LogP contribution is -2.32. The molecular weight excluding hydrogens is 392 g/mol. The molecule has 184 valence electrons. The van der Waals surface area contributed by atoms with Crippen LogP contribution in [-0.4, -0.2) is 5.97 Å². The molecule has 0 spiro atoms. The van der Waals surface area contributed by atoms with Gasteiger partial charge in [-0.2, -0.15) is 0 Å². The first-order valence-corrected chi connectivity index (χ1v) is 13.9. The van der Waals surface area contributed by atoms with Crippen LogP contribution in [0.1, 0.15) is 142 Å². The van der Waals surface area contributed by atoms with Crippen molar-refractivity contribution in [3.05, 3.63) is 29.8 Å². The zero-order valence-corrected chi connectivity index (χ0v) is 21.9. The number of aryl methyl sites for hydroxylation is 1. The number of benzene rings is 1. The van der Waals surface area contributed by atoms with Crippen LogP contribution in [0.3, 0.4) is 0 Å². The summed E-state index contributed by atoms with van der Waals surface area (Å²) in [5, 5.41) is 0. The summed E-state index contributed by atoms with van der Waals surface area (Å²) in [5.74, 6) is 0.669. The molecule has 1 unspecified atom stereocenters. The van der Waals surface area contributed by atoms with Crippen molar-refractivity contribution in [2.75, 3.05) is 0 Å². The molecule has 1 atom stereocenters.